The van der Waals surface area contributed by atoms with Crippen molar-refractivity contribution >= 4 is 23.4 Å². The molecule has 1 fully saturated rings. The summed E-state index contributed by atoms with van der Waals surface area (Å²) in [7, 11) is 0. The summed E-state index contributed by atoms with van der Waals surface area (Å²) in [5, 5.41) is 21.5. The van der Waals surface area contributed by atoms with Crippen LogP contribution in [0.15, 0.2) is 12.3 Å². The number of nitrogens with one attached hydrogen (secondary N) is 1. The molecule has 0 amide bonds. The molecule has 6 heteroatoms. The first-order chi connectivity index (χ1) is 9.63. The molecular weight excluding hydrogens is 278 g/mol. The molecule has 1 saturated carbocycles. The summed E-state index contributed by atoms with van der Waals surface area (Å²) in [4.78, 5) is 15.3. The van der Waals surface area contributed by atoms with Gasteiger partial charge in [0, 0.05) is 12.7 Å². The number of hydrogen-bond donors (Lipinski definition) is 2. The van der Waals surface area contributed by atoms with E-state index < -0.39 is 5.97 Å². The maximum absolute atomic E-state index is 11.2. The van der Waals surface area contributed by atoms with Gasteiger partial charge < -0.3 is 10.4 Å². The highest BCUT2D eigenvalue weighted by Gasteiger charge is 2.30. The van der Waals surface area contributed by atoms with Gasteiger partial charge in [-0.1, -0.05) is 24.4 Å². The van der Waals surface area contributed by atoms with Crippen molar-refractivity contribution < 1.29 is 9.90 Å². The van der Waals surface area contributed by atoms with Crippen LogP contribution in [0.2, 0.25) is 5.02 Å². The predicted octanol–water partition coefficient (Wildman–Crippen LogP) is 2.91. The third-order valence-electron chi connectivity index (χ3n) is 3.77. The number of carbonyl (C=O) groups is 1. The minimum absolute atomic E-state index is 0.0739. The van der Waals surface area contributed by atoms with Crippen LogP contribution in [0.3, 0.4) is 0 Å². The normalized spacial score (nSPS) is 22.0. The maximum atomic E-state index is 11.2. The second-order valence-corrected chi connectivity index (χ2v) is 5.38. The van der Waals surface area contributed by atoms with Gasteiger partial charge in [-0.3, -0.25) is 4.79 Å². The number of carboxylic acids is 1. The predicted molar refractivity (Wildman–Crippen MR) is 75.5 cm³/mol. The number of pyridine rings is 1. The number of aliphatic carboxylic acids is 1. The Morgan fingerprint density at radius 2 is 2.30 bits per heavy atom. The number of anilines is 1. The summed E-state index contributed by atoms with van der Waals surface area (Å²) in [5.74, 6) is -0.527. The third-order valence-corrected chi connectivity index (χ3v) is 4.15. The number of hydrogen-bond acceptors (Lipinski definition) is 4. The Balaban J connectivity index is 2.04. The molecule has 0 spiro atoms. The highest BCUT2D eigenvalue weighted by molar-refractivity contribution is 6.34. The van der Waals surface area contributed by atoms with Gasteiger partial charge in [0.1, 0.15) is 16.9 Å². The van der Waals surface area contributed by atoms with Crippen molar-refractivity contribution in [2.45, 2.75) is 25.7 Å². The van der Waals surface area contributed by atoms with Crippen molar-refractivity contribution in [2.75, 3.05) is 11.9 Å². The van der Waals surface area contributed by atoms with Gasteiger partial charge in [-0.15, -0.1) is 0 Å². The van der Waals surface area contributed by atoms with Crippen molar-refractivity contribution in [2.24, 2.45) is 11.8 Å². The van der Waals surface area contributed by atoms with Crippen LogP contribution in [-0.4, -0.2) is 22.6 Å². The van der Waals surface area contributed by atoms with Crippen LogP contribution in [-0.2, 0) is 4.79 Å². The molecule has 106 valence electrons. The summed E-state index contributed by atoms with van der Waals surface area (Å²) >= 11 is 6.06. The molecule has 0 saturated heterocycles. The number of carboxylic acid groups (broad SMARTS) is 1. The molecule has 1 heterocycles. The van der Waals surface area contributed by atoms with Crippen LogP contribution < -0.4 is 5.32 Å². The SMILES string of the molecule is N#Cc1ccnc(NCC2CCCCC2C(=O)O)c1Cl. The van der Waals surface area contributed by atoms with E-state index in [1.165, 1.54) is 6.20 Å². The zero-order valence-electron chi connectivity index (χ0n) is 11.0. The van der Waals surface area contributed by atoms with E-state index in [9.17, 15) is 9.90 Å². The topological polar surface area (TPSA) is 86.0 Å². The number of nitriles is 1. The smallest absolute Gasteiger partial charge is 0.306 e. The van der Waals surface area contributed by atoms with E-state index in [1.54, 1.807) is 6.07 Å². The van der Waals surface area contributed by atoms with Gasteiger partial charge in [0.25, 0.3) is 0 Å². The van der Waals surface area contributed by atoms with Gasteiger partial charge >= 0.3 is 5.97 Å². The minimum Gasteiger partial charge on any atom is -0.481 e. The van der Waals surface area contributed by atoms with Gasteiger partial charge in [0.2, 0.25) is 0 Å². The molecule has 2 rings (SSSR count). The zero-order valence-corrected chi connectivity index (χ0v) is 11.7. The Kier molecular flexibility index (Phi) is 4.80. The molecule has 20 heavy (non-hydrogen) atoms. The molecule has 5 nitrogen and oxygen atoms in total. The summed E-state index contributed by atoms with van der Waals surface area (Å²) in [6.07, 6.45) is 5.15. The number of aromatic nitrogens is 1. The van der Waals surface area contributed by atoms with E-state index in [4.69, 9.17) is 16.9 Å². The Labute approximate surface area is 122 Å². The van der Waals surface area contributed by atoms with E-state index in [0.29, 0.717) is 17.9 Å². The van der Waals surface area contributed by atoms with E-state index in [-0.39, 0.29) is 16.9 Å². The molecule has 1 aromatic heterocycles. The lowest BCUT2D eigenvalue weighted by atomic mass is 9.79. The molecule has 0 aromatic carbocycles. The van der Waals surface area contributed by atoms with Crippen molar-refractivity contribution in [3.05, 3.63) is 22.8 Å². The zero-order chi connectivity index (χ0) is 14.5. The van der Waals surface area contributed by atoms with E-state index >= 15 is 0 Å². The first-order valence-electron chi connectivity index (χ1n) is 6.64. The Hall–Kier alpha value is -1.80. The molecule has 0 radical (unpaired) electrons. The van der Waals surface area contributed by atoms with E-state index in [2.05, 4.69) is 10.3 Å². The van der Waals surface area contributed by atoms with Crippen LogP contribution in [0.5, 0.6) is 0 Å². The largest absolute Gasteiger partial charge is 0.481 e. The average Bonchev–Trinajstić information content (AvgIpc) is 2.46. The molecule has 2 unspecified atom stereocenters. The highest BCUT2D eigenvalue weighted by Crippen LogP contribution is 2.31. The second-order valence-electron chi connectivity index (χ2n) is 5.00. The fourth-order valence-electron chi connectivity index (χ4n) is 2.66. The summed E-state index contributed by atoms with van der Waals surface area (Å²) < 4.78 is 0. The standard InChI is InChI=1S/C14H16ClN3O2/c15-12-9(7-16)5-6-17-13(12)18-8-10-3-1-2-4-11(10)14(19)20/h5-6,10-11H,1-4,8H2,(H,17,18)(H,19,20). The van der Waals surface area contributed by atoms with Gasteiger partial charge in [-0.25, -0.2) is 4.98 Å². The molecule has 0 bridgehead atoms. The first-order valence-corrected chi connectivity index (χ1v) is 7.02. The highest BCUT2D eigenvalue weighted by atomic mass is 35.5. The Morgan fingerprint density at radius 1 is 1.55 bits per heavy atom. The third kappa shape index (κ3) is 3.20. The van der Waals surface area contributed by atoms with Gasteiger partial charge in [0.05, 0.1) is 11.5 Å². The molecule has 1 aliphatic carbocycles. The maximum Gasteiger partial charge on any atom is 0.306 e. The second kappa shape index (κ2) is 6.58. The summed E-state index contributed by atoms with van der Waals surface area (Å²) in [6.45, 7) is 0.512. The van der Waals surface area contributed by atoms with Crippen molar-refractivity contribution in [1.29, 1.82) is 5.26 Å². The molecule has 2 atom stereocenters. The van der Waals surface area contributed by atoms with Crippen LogP contribution >= 0.6 is 11.6 Å². The molecule has 2 N–H and O–H groups in total. The van der Waals surface area contributed by atoms with Gasteiger partial charge in [0.15, 0.2) is 0 Å². The van der Waals surface area contributed by atoms with Crippen LogP contribution in [0.25, 0.3) is 0 Å². The fraction of sp³-hybridized carbons (Fsp3) is 0.500. The summed E-state index contributed by atoms with van der Waals surface area (Å²) in [5.41, 5.74) is 0.364. The van der Waals surface area contributed by atoms with Crippen molar-refractivity contribution in [1.82, 2.24) is 4.98 Å². The first kappa shape index (κ1) is 14.6. The van der Waals surface area contributed by atoms with Crippen LogP contribution in [0.1, 0.15) is 31.2 Å². The summed E-state index contributed by atoms with van der Waals surface area (Å²) in [6, 6.07) is 3.54. The van der Waals surface area contributed by atoms with Crippen molar-refractivity contribution in [3.63, 3.8) is 0 Å². The quantitative estimate of drug-likeness (QED) is 0.891. The molecule has 0 aliphatic heterocycles. The number of halogens is 1. The lowest BCUT2D eigenvalue weighted by Crippen LogP contribution is -2.32. The Bertz CT molecular complexity index is 542. The van der Waals surface area contributed by atoms with Crippen LogP contribution in [0.4, 0.5) is 5.82 Å². The van der Waals surface area contributed by atoms with Gasteiger partial charge in [-0.2, -0.15) is 5.26 Å². The Morgan fingerprint density at radius 3 is 3.00 bits per heavy atom. The lowest BCUT2D eigenvalue weighted by molar-refractivity contribution is -0.144. The lowest BCUT2D eigenvalue weighted by Gasteiger charge is -2.28. The molecular formula is C14H16ClN3O2. The van der Waals surface area contributed by atoms with Crippen molar-refractivity contribution in [3.8, 4) is 6.07 Å². The monoisotopic (exact) mass is 293 g/mol. The fourth-order valence-corrected chi connectivity index (χ4v) is 2.88. The van der Waals surface area contributed by atoms with E-state index in [1.807, 2.05) is 6.07 Å². The van der Waals surface area contributed by atoms with E-state index in [0.717, 1.165) is 25.7 Å². The minimum atomic E-state index is -0.735. The van der Waals surface area contributed by atoms with Gasteiger partial charge in [-0.05, 0) is 24.8 Å². The van der Waals surface area contributed by atoms with Crippen LogP contribution in [0, 0.1) is 23.2 Å². The molecule has 1 aromatic rings. The number of rotatable bonds is 4. The number of nitrogens with zero attached hydrogens (tertiary/aromatic N) is 2. The average molecular weight is 294 g/mol. The molecule has 1 aliphatic rings.